The standard InChI is InChI=1S/C19H31N7O6S/c1-9(2)15(18(30)25-13(19(31)32)5-10-6-22-8-23-10)26-17(29)12(3-4-14(21)27)24-16(28)11(20)7-33/h6,8-9,11-13,15,33H,3-5,7,20H2,1-2H3,(H2,21,27)(H,22,23)(H,24,28)(H,25,30)(H,26,29)(H,31,32). The molecule has 0 aliphatic heterocycles. The maximum Gasteiger partial charge on any atom is 0.326 e. The van der Waals surface area contributed by atoms with Crippen LogP contribution >= 0.6 is 12.6 Å². The minimum Gasteiger partial charge on any atom is -0.480 e. The quantitative estimate of drug-likeness (QED) is 0.133. The lowest BCUT2D eigenvalue weighted by Crippen LogP contribution is -2.58. The van der Waals surface area contributed by atoms with Crippen molar-refractivity contribution in [1.82, 2.24) is 25.9 Å². The maximum atomic E-state index is 12.9. The fourth-order valence-corrected chi connectivity index (χ4v) is 2.95. The number of hydrogen-bond acceptors (Lipinski definition) is 8. The van der Waals surface area contributed by atoms with Crippen LogP contribution in [0.15, 0.2) is 12.5 Å². The van der Waals surface area contributed by atoms with Gasteiger partial charge >= 0.3 is 5.97 Å². The zero-order valence-corrected chi connectivity index (χ0v) is 19.3. The van der Waals surface area contributed by atoms with E-state index in [0.29, 0.717) is 5.69 Å². The van der Waals surface area contributed by atoms with Gasteiger partial charge in [-0.2, -0.15) is 12.6 Å². The normalized spacial score (nSPS) is 14.6. The minimum atomic E-state index is -1.27. The smallest absolute Gasteiger partial charge is 0.326 e. The van der Waals surface area contributed by atoms with E-state index in [0.717, 1.165) is 0 Å². The largest absolute Gasteiger partial charge is 0.480 e. The molecule has 184 valence electrons. The molecule has 13 nitrogen and oxygen atoms in total. The summed E-state index contributed by atoms with van der Waals surface area (Å²) in [7, 11) is 0. The van der Waals surface area contributed by atoms with Crippen LogP contribution < -0.4 is 27.4 Å². The minimum absolute atomic E-state index is 0.0277. The van der Waals surface area contributed by atoms with Gasteiger partial charge < -0.3 is 37.5 Å². The fourth-order valence-electron chi connectivity index (χ4n) is 2.78. The molecule has 14 heteroatoms. The molecular formula is C19H31N7O6S. The molecule has 1 aromatic rings. The number of rotatable bonds is 14. The molecule has 1 aromatic heterocycles. The fraction of sp³-hybridized carbons (Fsp3) is 0.579. The average molecular weight is 486 g/mol. The van der Waals surface area contributed by atoms with Crippen molar-refractivity contribution in [3.8, 4) is 0 Å². The lowest BCUT2D eigenvalue weighted by Gasteiger charge is -2.27. The summed E-state index contributed by atoms with van der Waals surface area (Å²) < 4.78 is 0. The third-order valence-corrected chi connectivity index (χ3v) is 5.08. The number of aromatic nitrogens is 2. The van der Waals surface area contributed by atoms with Crippen LogP contribution in [0.2, 0.25) is 0 Å². The molecule has 1 rings (SSSR count). The van der Waals surface area contributed by atoms with Gasteiger partial charge in [-0.3, -0.25) is 19.2 Å². The highest BCUT2D eigenvalue weighted by Gasteiger charge is 2.32. The summed E-state index contributed by atoms with van der Waals surface area (Å²) in [5, 5.41) is 16.8. The molecule has 0 saturated carbocycles. The van der Waals surface area contributed by atoms with Crippen LogP contribution in [0, 0.1) is 5.92 Å². The van der Waals surface area contributed by atoms with E-state index in [4.69, 9.17) is 11.5 Å². The van der Waals surface area contributed by atoms with Crippen LogP contribution in [-0.2, 0) is 30.4 Å². The first-order chi connectivity index (χ1) is 15.5. The first kappa shape index (κ1) is 27.9. The van der Waals surface area contributed by atoms with Crippen LogP contribution in [0.4, 0.5) is 0 Å². The van der Waals surface area contributed by atoms with Gasteiger partial charge in [0, 0.05) is 30.5 Å². The van der Waals surface area contributed by atoms with Crippen molar-refractivity contribution < 1.29 is 29.1 Å². The van der Waals surface area contributed by atoms with E-state index in [2.05, 4.69) is 38.5 Å². The molecule has 9 N–H and O–H groups in total. The van der Waals surface area contributed by atoms with E-state index in [1.807, 2.05) is 0 Å². The Morgan fingerprint density at radius 1 is 1.09 bits per heavy atom. The molecule has 0 radical (unpaired) electrons. The summed E-state index contributed by atoms with van der Waals surface area (Å²) in [6, 6.07) is -4.56. The molecule has 0 spiro atoms. The van der Waals surface area contributed by atoms with Gasteiger partial charge in [0.25, 0.3) is 0 Å². The molecule has 4 atom stereocenters. The molecule has 0 aliphatic carbocycles. The predicted molar refractivity (Wildman–Crippen MR) is 121 cm³/mol. The van der Waals surface area contributed by atoms with Gasteiger partial charge in [-0.1, -0.05) is 13.8 Å². The number of aromatic amines is 1. The Balaban J connectivity index is 2.94. The Bertz CT molecular complexity index is 833. The second-order valence-electron chi connectivity index (χ2n) is 7.77. The number of H-pyrrole nitrogens is 1. The second kappa shape index (κ2) is 13.4. The van der Waals surface area contributed by atoms with Gasteiger partial charge in [0.1, 0.15) is 18.1 Å². The van der Waals surface area contributed by atoms with Crippen molar-refractivity contribution in [3.63, 3.8) is 0 Å². The topological polar surface area (TPSA) is 222 Å². The molecule has 0 aromatic carbocycles. The van der Waals surface area contributed by atoms with Gasteiger partial charge in [-0.25, -0.2) is 9.78 Å². The summed E-state index contributed by atoms with van der Waals surface area (Å²) in [6.07, 6.45) is 2.46. The van der Waals surface area contributed by atoms with Crippen molar-refractivity contribution >= 4 is 42.2 Å². The highest BCUT2D eigenvalue weighted by Crippen LogP contribution is 2.07. The third kappa shape index (κ3) is 9.49. The van der Waals surface area contributed by atoms with Gasteiger partial charge in [-0.05, 0) is 12.3 Å². The van der Waals surface area contributed by atoms with Crippen LogP contribution in [0.5, 0.6) is 0 Å². The number of carboxylic acids is 1. The van der Waals surface area contributed by atoms with E-state index >= 15 is 0 Å². The van der Waals surface area contributed by atoms with Crippen molar-refractivity contribution in [1.29, 1.82) is 0 Å². The van der Waals surface area contributed by atoms with Crippen molar-refractivity contribution in [3.05, 3.63) is 18.2 Å². The molecule has 1 heterocycles. The first-order valence-electron chi connectivity index (χ1n) is 10.2. The average Bonchev–Trinajstić information content (AvgIpc) is 3.25. The van der Waals surface area contributed by atoms with E-state index < -0.39 is 59.7 Å². The number of imidazole rings is 1. The summed E-state index contributed by atoms with van der Waals surface area (Å²) in [4.78, 5) is 67.1. The molecule has 0 bridgehead atoms. The number of nitrogens with one attached hydrogen (secondary N) is 4. The second-order valence-corrected chi connectivity index (χ2v) is 8.13. The number of carboxylic acid groups (broad SMARTS) is 1. The molecule has 33 heavy (non-hydrogen) atoms. The molecule has 0 aliphatic rings. The number of primary amides is 1. The summed E-state index contributed by atoms with van der Waals surface area (Å²) in [6.45, 7) is 3.31. The Morgan fingerprint density at radius 3 is 2.21 bits per heavy atom. The van der Waals surface area contributed by atoms with E-state index in [1.54, 1.807) is 13.8 Å². The Kier molecular flexibility index (Phi) is 11.4. The van der Waals surface area contributed by atoms with E-state index in [9.17, 15) is 29.1 Å². The van der Waals surface area contributed by atoms with Gasteiger partial charge in [0.2, 0.25) is 23.6 Å². The number of amides is 4. The predicted octanol–water partition coefficient (Wildman–Crippen LogP) is -2.33. The highest BCUT2D eigenvalue weighted by atomic mass is 32.1. The Hall–Kier alpha value is -3.13. The zero-order valence-electron chi connectivity index (χ0n) is 18.4. The zero-order chi connectivity index (χ0) is 25.1. The SMILES string of the molecule is CC(C)C(NC(=O)C(CCC(N)=O)NC(=O)C(N)CS)C(=O)NC(Cc1cnc[nH]1)C(=O)O. The molecule has 0 saturated heterocycles. The Labute approximate surface area is 196 Å². The van der Waals surface area contributed by atoms with Crippen LogP contribution in [-0.4, -0.2) is 74.6 Å². The van der Waals surface area contributed by atoms with Gasteiger partial charge in [0.15, 0.2) is 0 Å². The van der Waals surface area contributed by atoms with E-state index in [1.165, 1.54) is 12.5 Å². The lowest BCUT2D eigenvalue weighted by molar-refractivity contribution is -0.142. The first-order valence-corrected chi connectivity index (χ1v) is 10.8. The number of hydrogen-bond donors (Lipinski definition) is 8. The van der Waals surface area contributed by atoms with Crippen LogP contribution in [0.25, 0.3) is 0 Å². The third-order valence-electron chi connectivity index (χ3n) is 4.69. The number of nitrogens with zero attached hydrogens (tertiary/aromatic N) is 1. The van der Waals surface area contributed by atoms with Crippen molar-refractivity contribution in [2.75, 3.05) is 5.75 Å². The van der Waals surface area contributed by atoms with Crippen molar-refractivity contribution in [2.24, 2.45) is 17.4 Å². The van der Waals surface area contributed by atoms with Crippen LogP contribution in [0.1, 0.15) is 32.4 Å². The van der Waals surface area contributed by atoms with Crippen molar-refractivity contribution in [2.45, 2.75) is 57.3 Å². The Morgan fingerprint density at radius 2 is 1.73 bits per heavy atom. The summed E-state index contributed by atoms with van der Waals surface area (Å²) >= 11 is 3.94. The number of nitrogens with two attached hydrogens (primary N) is 2. The summed E-state index contributed by atoms with van der Waals surface area (Å²) in [5.41, 5.74) is 11.3. The maximum absolute atomic E-state index is 12.9. The molecule has 4 amide bonds. The molecule has 0 fully saturated rings. The molecule has 4 unspecified atom stereocenters. The number of carbonyl (C=O) groups excluding carboxylic acids is 4. The van der Waals surface area contributed by atoms with Crippen LogP contribution in [0.3, 0.4) is 0 Å². The highest BCUT2D eigenvalue weighted by molar-refractivity contribution is 7.80. The number of carbonyl (C=O) groups is 5. The van der Waals surface area contributed by atoms with Gasteiger partial charge in [0.05, 0.1) is 12.4 Å². The van der Waals surface area contributed by atoms with Gasteiger partial charge in [-0.15, -0.1) is 0 Å². The molecular weight excluding hydrogens is 454 g/mol. The van der Waals surface area contributed by atoms with E-state index in [-0.39, 0.29) is 25.0 Å². The summed E-state index contributed by atoms with van der Waals surface area (Å²) in [5.74, 6) is -4.48. The number of thiol groups is 1. The monoisotopic (exact) mass is 485 g/mol. The number of aliphatic carboxylic acids is 1. The lowest BCUT2D eigenvalue weighted by atomic mass is 10.0.